The first-order valence-corrected chi connectivity index (χ1v) is 9.71. The van der Waals surface area contributed by atoms with E-state index in [1.807, 2.05) is 48.2 Å². The van der Waals surface area contributed by atoms with E-state index in [9.17, 15) is 4.79 Å². The molecule has 1 aliphatic heterocycles. The molecule has 140 valence electrons. The van der Waals surface area contributed by atoms with Gasteiger partial charge in [0.1, 0.15) is 22.7 Å². The van der Waals surface area contributed by atoms with Crippen LogP contribution < -0.4 is 9.64 Å². The molecule has 1 amide bonds. The Balaban J connectivity index is 1.57. The average molecular weight is 382 g/mol. The summed E-state index contributed by atoms with van der Waals surface area (Å²) in [7, 11) is 5.64. The van der Waals surface area contributed by atoms with Gasteiger partial charge in [0.05, 0.1) is 25.5 Å². The second-order valence-electron chi connectivity index (χ2n) is 6.87. The summed E-state index contributed by atoms with van der Waals surface area (Å²) in [5.74, 6) is 1.87. The van der Waals surface area contributed by atoms with Crippen LogP contribution in [0.2, 0.25) is 0 Å². The molecular weight excluding hydrogens is 360 g/mol. The monoisotopic (exact) mass is 382 g/mol. The molecule has 1 aromatic carbocycles. The van der Waals surface area contributed by atoms with Gasteiger partial charge in [0, 0.05) is 25.5 Å². The number of amides is 1. The van der Waals surface area contributed by atoms with Crippen LogP contribution in [-0.4, -0.2) is 48.5 Å². The zero-order valence-corrected chi connectivity index (χ0v) is 16.5. The zero-order chi connectivity index (χ0) is 19.0. The Morgan fingerprint density at radius 1 is 1.33 bits per heavy atom. The molecule has 0 saturated heterocycles. The van der Waals surface area contributed by atoms with E-state index in [4.69, 9.17) is 4.74 Å². The lowest BCUT2D eigenvalue weighted by Gasteiger charge is -2.27. The molecule has 3 heterocycles. The lowest BCUT2D eigenvalue weighted by molar-refractivity contribution is -0.131. The molecule has 27 heavy (non-hydrogen) atoms. The number of hydrogen-bond acceptors (Lipinski definition) is 6. The highest BCUT2D eigenvalue weighted by molar-refractivity contribution is 7.19. The standard InChI is InChI=1S/C20H22N4O2S/c1-23(2)19-18-15-7-8-24(11-16(15)27-20(18)22-12-21-19)17(25)10-13-5-4-6-14(9-13)26-3/h4-6,9,12H,7-8,10-11H2,1-3H3. The number of nitrogens with zero attached hydrogens (tertiary/aromatic N) is 4. The van der Waals surface area contributed by atoms with E-state index in [0.717, 1.165) is 40.3 Å². The Bertz CT molecular complexity index is 999. The fourth-order valence-corrected chi connectivity index (χ4v) is 4.73. The molecule has 0 fully saturated rings. The lowest BCUT2D eigenvalue weighted by atomic mass is 10.0. The van der Waals surface area contributed by atoms with Gasteiger partial charge in [0.15, 0.2) is 0 Å². The molecule has 0 N–H and O–H groups in total. The summed E-state index contributed by atoms with van der Waals surface area (Å²) in [5.41, 5.74) is 2.27. The Hall–Kier alpha value is -2.67. The summed E-state index contributed by atoms with van der Waals surface area (Å²) in [6.45, 7) is 1.37. The van der Waals surface area contributed by atoms with Crippen molar-refractivity contribution in [2.75, 3.05) is 32.6 Å². The third-order valence-electron chi connectivity index (χ3n) is 4.88. The maximum atomic E-state index is 12.8. The number of hydrogen-bond donors (Lipinski definition) is 0. The van der Waals surface area contributed by atoms with Gasteiger partial charge >= 0.3 is 0 Å². The van der Waals surface area contributed by atoms with Crippen molar-refractivity contribution in [3.63, 3.8) is 0 Å². The van der Waals surface area contributed by atoms with Crippen molar-refractivity contribution >= 4 is 33.3 Å². The van der Waals surface area contributed by atoms with Gasteiger partial charge in [-0.3, -0.25) is 4.79 Å². The molecule has 0 radical (unpaired) electrons. The summed E-state index contributed by atoms with van der Waals surface area (Å²) in [5, 5.41) is 1.14. The molecule has 2 aromatic heterocycles. The molecule has 0 unspecified atom stereocenters. The maximum absolute atomic E-state index is 12.8. The third-order valence-corrected chi connectivity index (χ3v) is 6.01. The van der Waals surface area contributed by atoms with E-state index in [0.29, 0.717) is 13.0 Å². The van der Waals surface area contributed by atoms with E-state index in [2.05, 4.69) is 9.97 Å². The number of aromatic nitrogens is 2. The lowest BCUT2D eigenvalue weighted by Crippen LogP contribution is -2.36. The molecule has 0 atom stereocenters. The largest absolute Gasteiger partial charge is 0.497 e. The van der Waals surface area contributed by atoms with Gasteiger partial charge < -0.3 is 14.5 Å². The molecule has 6 nitrogen and oxygen atoms in total. The molecule has 0 saturated carbocycles. The number of ether oxygens (including phenoxy) is 1. The Kier molecular flexibility index (Phi) is 4.70. The van der Waals surface area contributed by atoms with Crippen LogP contribution in [-0.2, 0) is 24.2 Å². The number of rotatable bonds is 4. The van der Waals surface area contributed by atoms with Gasteiger partial charge in [0.25, 0.3) is 0 Å². The van der Waals surface area contributed by atoms with Gasteiger partial charge in [-0.1, -0.05) is 12.1 Å². The van der Waals surface area contributed by atoms with Crippen molar-refractivity contribution in [2.24, 2.45) is 0 Å². The first kappa shape index (κ1) is 17.7. The molecule has 7 heteroatoms. The van der Waals surface area contributed by atoms with Crippen molar-refractivity contribution in [3.8, 4) is 5.75 Å². The van der Waals surface area contributed by atoms with Gasteiger partial charge in [-0.05, 0) is 29.7 Å². The van der Waals surface area contributed by atoms with Crippen LogP contribution in [0.15, 0.2) is 30.6 Å². The molecule has 0 bridgehead atoms. The second-order valence-corrected chi connectivity index (χ2v) is 7.95. The van der Waals surface area contributed by atoms with Crippen LogP contribution in [0.3, 0.4) is 0 Å². The number of carbonyl (C=O) groups is 1. The van der Waals surface area contributed by atoms with E-state index in [-0.39, 0.29) is 5.91 Å². The summed E-state index contributed by atoms with van der Waals surface area (Å²) >= 11 is 1.67. The zero-order valence-electron chi connectivity index (χ0n) is 15.7. The fourth-order valence-electron chi connectivity index (χ4n) is 3.53. The van der Waals surface area contributed by atoms with Crippen molar-refractivity contribution in [2.45, 2.75) is 19.4 Å². The van der Waals surface area contributed by atoms with E-state index < -0.39 is 0 Å². The van der Waals surface area contributed by atoms with Crippen LogP contribution in [0.5, 0.6) is 5.75 Å². The number of thiophene rings is 1. The molecule has 1 aliphatic rings. The van der Waals surface area contributed by atoms with Crippen LogP contribution in [0.1, 0.15) is 16.0 Å². The van der Waals surface area contributed by atoms with Gasteiger partial charge in [-0.25, -0.2) is 9.97 Å². The number of benzene rings is 1. The SMILES string of the molecule is COc1cccc(CC(=O)N2CCc3c(sc4ncnc(N(C)C)c34)C2)c1. The molecule has 4 rings (SSSR count). The van der Waals surface area contributed by atoms with Crippen molar-refractivity contribution in [3.05, 3.63) is 46.6 Å². The predicted molar refractivity (Wildman–Crippen MR) is 108 cm³/mol. The Morgan fingerprint density at radius 3 is 2.96 bits per heavy atom. The highest BCUT2D eigenvalue weighted by atomic mass is 32.1. The van der Waals surface area contributed by atoms with Gasteiger partial charge in [-0.15, -0.1) is 11.3 Å². The summed E-state index contributed by atoms with van der Waals surface area (Å²) in [6.07, 6.45) is 2.85. The molecular formula is C20H22N4O2S. The van der Waals surface area contributed by atoms with Gasteiger partial charge in [0.2, 0.25) is 5.91 Å². The van der Waals surface area contributed by atoms with Crippen LogP contribution in [0.25, 0.3) is 10.2 Å². The number of fused-ring (bicyclic) bond motifs is 3. The molecule has 3 aromatic rings. The van der Waals surface area contributed by atoms with Crippen LogP contribution >= 0.6 is 11.3 Å². The van der Waals surface area contributed by atoms with Crippen LogP contribution in [0, 0.1) is 0 Å². The van der Waals surface area contributed by atoms with Crippen molar-refractivity contribution in [1.82, 2.24) is 14.9 Å². The first-order valence-electron chi connectivity index (χ1n) is 8.90. The summed E-state index contributed by atoms with van der Waals surface area (Å²) < 4.78 is 5.25. The fraction of sp³-hybridized carbons (Fsp3) is 0.350. The van der Waals surface area contributed by atoms with E-state index in [1.165, 1.54) is 10.4 Å². The Morgan fingerprint density at radius 2 is 2.19 bits per heavy atom. The number of anilines is 1. The minimum absolute atomic E-state index is 0.144. The number of carbonyl (C=O) groups excluding carboxylic acids is 1. The van der Waals surface area contributed by atoms with Crippen molar-refractivity contribution < 1.29 is 9.53 Å². The van der Waals surface area contributed by atoms with Gasteiger partial charge in [-0.2, -0.15) is 0 Å². The molecule has 0 spiro atoms. The first-order chi connectivity index (χ1) is 13.1. The third kappa shape index (κ3) is 3.35. The summed E-state index contributed by atoms with van der Waals surface area (Å²) in [4.78, 5) is 27.9. The van der Waals surface area contributed by atoms with Crippen LogP contribution in [0.4, 0.5) is 5.82 Å². The highest BCUT2D eigenvalue weighted by Crippen LogP contribution is 2.38. The maximum Gasteiger partial charge on any atom is 0.227 e. The topological polar surface area (TPSA) is 58.6 Å². The molecule has 0 aliphatic carbocycles. The smallest absolute Gasteiger partial charge is 0.227 e. The normalized spacial score (nSPS) is 13.5. The predicted octanol–water partition coefficient (Wildman–Crippen LogP) is 2.89. The average Bonchev–Trinajstić information content (AvgIpc) is 3.05. The minimum atomic E-state index is 0.144. The van der Waals surface area contributed by atoms with E-state index in [1.54, 1.807) is 24.8 Å². The highest BCUT2D eigenvalue weighted by Gasteiger charge is 2.26. The van der Waals surface area contributed by atoms with E-state index >= 15 is 0 Å². The number of methoxy groups -OCH3 is 1. The summed E-state index contributed by atoms with van der Waals surface area (Å²) in [6, 6.07) is 7.70. The Labute approximate surface area is 162 Å². The second kappa shape index (κ2) is 7.15. The quantitative estimate of drug-likeness (QED) is 0.694. The minimum Gasteiger partial charge on any atom is -0.497 e. The van der Waals surface area contributed by atoms with Crippen molar-refractivity contribution in [1.29, 1.82) is 0 Å².